The van der Waals surface area contributed by atoms with Crippen molar-refractivity contribution in [2.45, 2.75) is 44.9 Å². The van der Waals surface area contributed by atoms with Crippen molar-refractivity contribution in [3.8, 4) is 23.0 Å². The number of methoxy groups -OCH3 is 4. The molecule has 1 atom stereocenters. The average molecular weight is 986 g/mol. The summed E-state index contributed by atoms with van der Waals surface area (Å²) in [5.74, 6) is 1.35. The number of benzene rings is 5. The second-order valence-electron chi connectivity index (χ2n) is 18.3. The first-order valence-corrected chi connectivity index (χ1v) is 24.5. The SMILES string of the molecule is COCCOCCOCCN(CCCC(=O)OC)c1cc(COc2cc(N(C)C)c(C(=O)N3CCc4ccccc43)cc2OC)cc(COc2cc3c(cc2OC)C(=O)N2c4ccccc4C[C@H]2CN3C)c1. The molecule has 3 aliphatic rings. The van der Waals surface area contributed by atoms with E-state index >= 15 is 0 Å². The number of rotatable bonds is 24. The Morgan fingerprint density at radius 1 is 0.694 bits per heavy atom. The molecule has 5 aromatic carbocycles. The van der Waals surface area contributed by atoms with Gasteiger partial charge in [-0.2, -0.15) is 0 Å². The fourth-order valence-corrected chi connectivity index (χ4v) is 9.73. The predicted octanol–water partition coefficient (Wildman–Crippen LogP) is 7.59. The quantitative estimate of drug-likeness (QED) is 0.0443. The standard InChI is InChI=1S/C56H67N5O11/c1-57(2)48-33-52(50(66-5)31-44(48)55(63)60-20-18-40-13-8-10-15-46(40)60)71-36-38-27-39(29-42(28-38)59(19-12-17-54(62)68-7)21-22-69-25-26-70-24-23-65-4)37-72-53-34-49-45(32-51(53)67-6)56(64)61-43(35-58(49)3)30-41-14-9-11-16-47(41)61/h8-11,13-16,27-29,31-34,43H,12,17-26,30,35-37H2,1-7H3/t43-/m0/s1. The van der Waals surface area contributed by atoms with Gasteiger partial charge in [0.2, 0.25) is 0 Å². The Hall–Kier alpha value is -7.01. The van der Waals surface area contributed by atoms with E-state index < -0.39 is 0 Å². The molecule has 0 N–H and O–H groups in total. The van der Waals surface area contributed by atoms with Crippen LogP contribution in [0.4, 0.5) is 28.4 Å². The zero-order valence-electron chi connectivity index (χ0n) is 42.6. The van der Waals surface area contributed by atoms with Crippen LogP contribution in [0.3, 0.4) is 0 Å². The zero-order chi connectivity index (χ0) is 50.7. The molecule has 8 rings (SSSR count). The van der Waals surface area contributed by atoms with Crippen molar-refractivity contribution in [3.05, 3.63) is 124 Å². The van der Waals surface area contributed by atoms with Crippen molar-refractivity contribution in [2.75, 3.05) is 133 Å². The lowest BCUT2D eigenvalue weighted by Crippen LogP contribution is -2.41. The van der Waals surface area contributed by atoms with Crippen LogP contribution < -0.4 is 43.4 Å². The van der Waals surface area contributed by atoms with Crippen molar-refractivity contribution < 1.29 is 52.3 Å². The molecule has 0 unspecified atom stereocenters. The van der Waals surface area contributed by atoms with Gasteiger partial charge in [-0.3, -0.25) is 14.4 Å². The number of likely N-dealkylation sites (N-methyl/N-ethyl adjacent to an activating group) is 1. The van der Waals surface area contributed by atoms with Crippen LogP contribution >= 0.6 is 0 Å². The van der Waals surface area contributed by atoms with Crippen molar-refractivity contribution in [3.63, 3.8) is 0 Å². The van der Waals surface area contributed by atoms with Gasteiger partial charge in [-0.1, -0.05) is 36.4 Å². The highest BCUT2D eigenvalue weighted by atomic mass is 16.5. The molecule has 0 fully saturated rings. The van der Waals surface area contributed by atoms with Gasteiger partial charge in [0.05, 0.1) is 82.9 Å². The highest BCUT2D eigenvalue weighted by Crippen LogP contribution is 2.43. The third kappa shape index (κ3) is 11.7. The Morgan fingerprint density at radius 3 is 2.04 bits per heavy atom. The van der Waals surface area contributed by atoms with E-state index in [2.05, 4.69) is 34.1 Å². The number of ether oxygens (including phenoxy) is 8. The average Bonchev–Trinajstić information content (AvgIpc) is 3.98. The molecule has 0 spiro atoms. The van der Waals surface area contributed by atoms with E-state index in [0.29, 0.717) is 105 Å². The Balaban J connectivity index is 1.08. The number of fused-ring (bicyclic) bond motifs is 5. The van der Waals surface area contributed by atoms with Crippen LogP contribution in [0.1, 0.15) is 55.8 Å². The van der Waals surface area contributed by atoms with E-state index in [1.807, 2.05) is 90.4 Å². The second-order valence-corrected chi connectivity index (χ2v) is 18.3. The molecule has 0 bridgehead atoms. The topological polar surface area (TPSA) is 141 Å². The van der Waals surface area contributed by atoms with Gasteiger partial charge in [-0.25, -0.2) is 0 Å². The van der Waals surface area contributed by atoms with Crippen molar-refractivity contribution >= 4 is 46.2 Å². The molecule has 16 nitrogen and oxygen atoms in total. The maximum atomic E-state index is 14.3. The molecule has 0 aliphatic carbocycles. The van der Waals surface area contributed by atoms with Crippen LogP contribution in [0.15, 0.2) is 91.0 Å². The van der Waals surface area contributed by atoms with Gasteiger partial charge in [0.1, 0.15) is 13.2 Å². The molecule has 3 aliphatic heterocycles. The van der Waals surface area contributed by atoms with E-state index in [1.54, 1.807) is 33.5 Å². The minimum atomic E-state index is -0.285. The van der Waals surface area contributed by atoms with Gasteiger partial charge >= 0.3 is 5.97 Å². The lowest BCUT2D eigenvalue weighted by molar-refractivity contribution is -0.140. The minimum Gasteiger partial charge on any atom is -0.493 e. The molecule has 5 aromatic rings. The first kappa shape index (κ1) is 51.3. The molecule has 2 amide bonds. The molecule has 0 saturated heterocycles. The third-order valence-electron chi connectivity index (χ3n) is 13.4. The number of esters is 1. The van der Waals surface area contributed by atoms with E-state index in [-0.39, 0.29) is 43.5 Å². The molecular weight excluding hydrogens is 919 g/mol. The minimum absolute atomic E-state index is 0.00999. The summed E-state index contributed by atoms with van der Waals surface area (Å²) in [6.07, 6.45) is 2.36. The zero-order valence-corrected chi connectivity index (χ0v) is 42.6. The predicted molar refractivity (Wildman–Crippen MR) is 278 cm³/mol. The molecule has 3 heterocycles. The lowest BCUT2D eigenvalue weighted by Gasteiger charge is -2.27. The number of amides is 2. The van der Waals surface area contributed by atoms with Gasteiger partial charge in [-0.15, -0.1) is 0 Å². The highest BCUT2D eigenvalue weighted by Gasteiger charge is 2.39. The van der Waals surface area contributed by atoms with E-state index in [0.717, 1.165) is 57.8 Å². The Kier molecular flexibility index (Phi) is 17.1. The fraction of sp³-hybridized carbons (Fsp3) is 0.411. The summed E-state index contributed by atoms with van der Waals surface area (Å²) in [6, 6.07) is 29.5. The molecule has 382 valence electrons. The number of hydrogen-bond acceptors (Lipinski definition) is 14. The Bertz CT molecular complexity index is 2710. The summed E-state index contributed by atoms with van der Waals surface area (Å²) in [5.41, 5.74) is 9.19. The molecule has 72 heavy (non-hydrogen) atoms. The first-order chi connectivity index (χ1) is 35.0. The van der Waals surface area contributed by atoms with Crippen molar-refractivity contribution in [1.82, 2.24) is 0 Å². The number of hydrogen-bond donors (Lipinski definition) is 0. The van der Waals surface area contributed by atoms with Gasteiger partial charge < -0.3 is 62.4 Å². The first-order valence-electron chi connectivity index (χ1n) is 24.5. The van der Waals surface area contributed by atoms with Crippen molar-refractivity contribution in [1.29, 1.82) is 0 Å². The summed E-state index contributed by atoms with van der Waals surface area (Å²) >= 11 is 0. The number of carbonyl (C=O) groups is 3. The second kappa shape index (κ2) is 23.9. The molecule has 16 heteroatoms. The normalized spacial score (nSPS) is 14.5. The number of anilines is 5. The number of para-hydroxylation sites is 2. The molecule has 0 saturated carbocycles. The molecule has 0 radical (unpaired) electrons. The molecule has 0 aromatic heterocycles. The third-order valence-corrected chi connectivity index (χ3v) is 13.4. The van der Waals surface area contributed by atoms with E-state index in [1.165, 1.54) is 7.11 Å². The van der Waals surface area contributed by atoms with E-state index in [9.17, 15) is 14.4 Å². The summed E-state index contributed by atoms with van der Waals surface area (Å²) in [5, 5.41) is 0. The smallest absolute Gasteiger partial charge is 0.305 e. The van der Waals surface area contributed by atoms with Crippen LogP contribution in [0.25, 0.3) is 0 Å². The van der Waals surface area contributed by atoms with Crippen LogP contribution in [0.2, 0.25) is 0 Å². The van der Waals surface area contributed by atoms with Gasteiger partial charge in [-0.05, 0) is 84.0 Å². The van der Waals surface area contributed by atoms with Gasteiger partial charge in [0.15, 0.2) is 23.0 Å². The van der Waals surface area contributed by atoms with E-state index in [4.69, 9.17) is 37.9 Å². The molecular formula is C56H67N5O11. The summed E-state index contributed by atoms with van der Waals surface area (Å²) < 4.78 is 46.8. The van der Waals surface area contributed by atoms with Crippen LogP contribution in [-0.2, 0) is 49.8 Å². The number of carbonyl (C=O) groups excluding carboxylic acids is 3. The monoisotopic (exact) mass is 985 g/mol. The lowest BCUT2D eigenvalue weighted by atomic mass is 10.1. The van der Waals surface area contributed by atoms with Crippen LogP contribution in [0, 0.1) is 0 Å². The highest BCUT2D eigenvalue weighted by molar-refractivity contribution is 6.13. The fourth-order valence-electron chi connectivity index (χ4n) is 9.73. The van der Waals surface area contributed by atoms with Gasteiger partial charge in [0.25, 0.3) is 11.8 Å². The number of nitrogens with zero attached hydrogens (tertiary/aromatic N) is 5. The Morgan fingerprint density at radius 2 is 1.35 bits per heavy atom. The van der Waals surface area contributed by atoms with Crippen LogP contribution in [-0.4, -0.2) is 133 Å². The maximum Gasteiger partial charge on any atom is 0.305 e. The summed E-state index contributed by atoms with van der Waals surface area (Å²) in [7, 11) is 12.0. The Labute approximate surface area is 422 Å². The largest absolute Gasteiger partial charge is 0.493 e. The van der Waals surface area contributed by atoms with Gasteiger partial charge in [0, 0.05) is 90.0 Å². The maximum absolute atomic E-state index is 14.3. The van der Waals surface area contributed by atoms with Crippen molar-refractivity contribution in [2.24, 2.45) is 0 Å². The summed E-state index contributed by atoms with van der Waals surface area (Å²) in [4.78, 5) is 50.8. The van der Waals surface area contributed by atoms with Crippen LogP contribution in [0.5, 0.6) is 23.0 Å². The summed E-state index contributed by atoms with van der Waals surface area (Å²) in [6.45, 7) is 4.81.